The summed E-state index contributed by atoms with van der Waals surface area (Å²) in [6, 6.07) is 4.55. The molecule has 0 fully saturated rings. The summed E-state index contributed by atoms with van der Waals surface area (Å²) < 4.78 is 16.5. The van der Waals surface area contributed by atoms with Crippen molar-refractivity contribution in [1.29, 1.82) is 0 Å². The molecular formula is C19H21BrFN3O3. The zero-order valence-corrected chi connectivity index (χ0v) is 16.5. The van der Waals surface area contributed by atoms with Gasteiger partial charge in [-0.15, -0.1) is 0 Å². The topological polar surface area (TPSA) is 83.4 Å². The number of fused-ring (bicyclic) bond motifs is 1. The van der Waals surface area contributed by atoms with Gasteiger partial charge in [-0.1, -0.05) is 15.9 Å². The molecule has 8 heteroatoms. The molecule has 1 aromatic carbocycles. The average Bonchev–Trinajstić information content (AvgIpc) is 3.11. The molecule has 0 unspecified atom stereocenters. The van der Waals surface area contributed by atoms with Crippen molar-refractivity contribution in [2.75, 3.05) is 18.5 Å². The van der Waals surface area contributed by atoms with Crippen LogP contribution >= 0.6 is 15.9 Å². The highest BCUT2D eigenvalue weighted by Gasteiger charge is 2.27. The number of amides is 1. The average molecular weight is 438 g/mol. The summed E-state index contributed by atoms with van der Waals surface area (Å²) in [5.74, 6) is -0.826. The summed E-state index contributed by atoms with van der Waals surface area (Å²) in [7, 11) is 0. The van der Waals surface area contributed by atoms with Gasteiger partial charge in [-0.05, 0) is 44.4 Å². The van der Waals surface area contributed by atoms with Crippen molar-refractivity contribution in [3.05, 3.63) is 55.7 Å². The Morgan fingerprint density at radius 1 is 1.41 bits per heavy atom. The van der Waals surface area contributed by atoms with Crippen molar-refractivity contribution in [2.45, 2.75) is 32.7 Å². The third kappa shape index (κ3) is 3.91. The maximum absolute atomic E-state index is 14.3. The van der Waals surface area contributed by atoms with Gasteiger partial charge in [0.15, 0.2) is 0 Å². The number of anilines is 2. The predicted molar refractivity (Wildman–Crippen MR) is 105 cm³/mol. The number of benzene rings is 1. The first-order valence-electron chi connectivity index (χ1n) is 8.81. The first-order valence-corrected chi connectivity index (χ1v) is 9.60. The third-order valence-electron chi connectivity index (χ3n) is 4.64. The highest BCUT2D eigenvalue weighted by Crippen LogP contribution is 2.31. The lowest BCUT2D eigenvalue weighted by atomic mass is 10.0. The van der Waals surface area contributed by atoms with Crippen LogP contribution in [-0.4, -0.2) is 28.7 Å². The van der Waals surface area contributed by atoms with Crippen LogP contribution in [0, 0.1) is 12.7 Å². The summed E-state index contributed by atoms with van der Waals surface area (Å²) in [5.41, 5.74) is 1.74. The minimum atomic E-state index is -0.490. The first kappa shape index (κ1) is 19.6. The maximum Gasteiger partial charge on any atom is 0.255 e. The van der Waals surface area contributed by atoms with E-state index in [1.165, 1.54) is 6.07 Å². The fourth-order valence-electron chi connectivity index (χ4n) is 3.30. The molecule has 1 aliphatic heterocycles. The van der Waals surface area contributed by atoms with E-state index in [9.17, 15) is 14.0 Å². The second-order valence-corrected chi connectivity index (χ2v) is 7.38. The Morgan fingerprint density at radius 3 is 2.89 bits per heavy atom. The molecule has 0 saturated heterocycles. The Kier molecular flexibility index (Phi) is 5.96. The molecule has 3 rings (SSSR count). The smallest absolute Gasteiger partial charge is 0.255 e. The molecule has 27 heavy (non-hydrogen) atoms. The minimum absolute atomic E-state index is 0.0269. The van der Waals surface area contributed by atoms with Gasteiger partial charge in [-0.3, -0.25) is 9.59 Å². The number of carbonyl (C=O) groups excluding carboxylic acids is 1. The maximum atomic E-state index is 14.3. The first-order chi connectivity index (χ1) is 12.9. The SMILES string of the molecule is Cc1c(Nc2ccc(Br)cc2F)c(C(=O)NCCCO)c2n(c1=O)CCC2. The van der Waals surface area contributed by atoms with E-state index in [0.29, 0.717) is 52.9 Å². The van der Waals surface area contributed by atoms with Crippen LogP contribution in [0.4, 0.5) is 15.8 Å². The number of hydrogen-bond donors (Lipinski definition) is 3. The molecule has 0 atom stereocenters. The van der Waals surface area contributed by atoms with E-state index >= 15 is 0 Å². The van der Waals surface area contributed by atoms with Gasteiger partial charge >= 0.3 is 0 Å². The fourth-order valence-corrected chi connectivity index (χ4v) is 3.63. The minimum Gasteiger partial charge on any atom is -0.396 e. The zero-order valence-electron chi connectivity index (χ0n) is 14.9. The van der Waals surface area contributed by atoms with Gasteiger partial charge in [0.2, 0.25) is 0 Å². The number of aromatic nitrogens is 1. The number of hydrogen-bond acceptors (Lipinski definition) is 4. The number of rotatable bonds is 6. The molecule has 1 amide bonds. The van der Waals surface area contributed by atoms with E-state index in [-0.39, 0.29) is 23.8 Å². The van der Waals surface area contributed by atoms with Gasteiger partial charge in [0, 0.05) is 35.4 Å². The van der Waals surface area contributed by atoms with Crippen LogP contribution in [0.25, 0.3) is 0 Å². The fraction of sp³-hybridized carbons (Fsp3) is 0.368. The summed E-state index contributed by atoms with van der Waals surface area (Å²) in [4.78, 5) is 25.5. The predicted octanol–water partition coefficient (Wildman–Crippen LogP) is 2.86. The van der Waals surface area contributed by atoms with Gasteiger partial charge in [0.25, 0.3) is 11.5 Å². The molecule has 2 aromatic rings. The van der Waals surface area contributed by atoms with E-state index in [1.807, 2.05) is 0 Å². The summed E-state index contributed by atoms with van der Waals surface area (Å²) in [6.45, 7) is 2.50. The Balaban J connectivity index is 2.09. The summed E-state index contributed by atoms with van der Waals surface area (Å²) in [6.07, 6.45) is 1.82. The number of pyridine rings is 1. The van der Waals surface area contributed by atoms with Gasteiger partial charge in [-0.2, -0.15) is 0 Å². The second-order valence-electron chi connectivity index (χ2n) is 6.46. The summed E-state index contributed by atoms with van der Waals surface area (Å²) >= 11 is 3.22. The molecule has 0 aliphatic carbocycles. The Hall–Kier alpha value is -2.19. The van der Waals surface area contributed by atoms with Gasteiger partial charge in [0.1, 0.15) is 5.82 Å². The quantitative estimate of drug-likeness (QED) is 0.606. The second kappa shape index (κ2) is 8.22. The van der Waals surface area contributed by atoms with E-state index in [1.54, 1.807) is 23.6 Å². The molecule has 1 aromatic heterocycles. The van der Waals surface area contributed by atoms with Crippen LogP contribution in [-0.2, 0) is 13.0 Å². The van der Waals surface area contributed by atoms with Crippen LogP contribution in [0.1, 0.15) is 34.5 Å². The monoisotopic (exact) mass is 437 g/mol. The lowest BCUT2D eigenvalue weighted by Crippen LogP contribution is -2.32. The molecule has 144 valence electrons. The van der Waals surface area contributed by atoms with E-state index < -0.39 is 5.82 Å². The van der Waals surface area contributed by atoms with Gasteiger partial charge in [-0.25, -0.2) is 4.39 Å². The standard InChI is InChI=1S/C19H21BrFN3O3/c1-11-17(23-14-6-5-12(20)10-13(14)21)16(18(26)22-7-3-9-25)15-4-2-8-24(15)19(11)27/h5-6,10,23,25H,2-4,7-9H2,1H3,(H,22,26). The van der Waals surface area contributed by atoms with Crippen molar-refractivity contribution < 1.29 is 14.3 Å². The lowest BCUT2D eigenvalue weighted by Gasteiger charge is -2.19. The molecule has 0 spiro atoms. The van der Waals surface area contributed by atoms with Crippen LogP contribution in [0.3, 0.4) is 0 Å². The van der Waals surface area contributed by atoms with E-state index in [0.717, 1.165) is 6.42 Å². The normalized spacial score (nSPS) is 12.7. The highest BCUT2D eigenvalue weighted by molar-refractivity contribution is 9.10. The molecule has 6 nitrogen and oxygen atoms in total. The highest BCUT2D eigenvalue weighted by atomic mass is 79.9. The Morgan fingerprint density at radius 2 is 2.19 bits per heavy atom. The molecule has 1 aliphatic rings. The molecule has 0 bridgehead atoms. The number of carbonyl (C=O) groups is 1. The van der Waals surface area contributed by atoms with E-state index in [2.05, 4.69) is 26.6 Å². The van der Waals surface area contributed by atoms with Crippen LogP contribution in [0.15, 0.2) is 27.5 Å². The molecule has 3 N–H and O–H groups in total. The van der Waals surface area contributed by atoms with Gasteiger partial charge < -0.3 is 20.3 Å². The lowest BCUT2D eigenvalue weighted by molar-refractivity contribution is 0.0950. The van der Waals surface area contributed by atoms with Crippen LogP contribution in [0.5, 0.6) is 0 Å². The van der Waals surface area contributed by atoms with Crippen molar-refractivity contribution in [3.63, 3.8) is 0 Å². The van der Waals surface area contributed by atoms with Gasteiger partial charge in [0.05, 0.1) is 16.9 Å². The zero-order chi connectivity index (χ0) is 19.6. The van der Waals surface area contributed by atoms with Crippen molar-refractivity contribution in [1.82, 2.24) is 9.88 Å². The number of halogens is 2. The van der Waals surface area contributed by atoms with Crippen LogP contribution < -0.4 is 16.2 Å². The number of aliphatic hydroxyl groups is 1. The number of nitrogens with one attached hydrogen (secondary N) is 2. The number of nitrogens with zero attached hydrogens (tertiary/aromatic N) is 1. The molecular weight excluding hydrogens is 417 g/mol. The third-order valence-corrected chi connectivity index (χ3v) is 5.13. The molecule has 0 radical (unpaired) electrons. The molecule has 2 heterocycles. The van der Waals surface area contributed by atoms with Crippen molar-refractivity contribution >= 4 is 33.2 Å². The van der Waals surface area contributed by atoms with Crippen LogP contribution in [0.2, 0.25) is 0 Å². The largest absolute Gasteiger partial charge is 0.396 e. The number of aliphatic hydroxyl groups excluding tert-OH is 1. The Bertz CT molecular complexity index is 943. The molecule has 0 saturated carbocycles. The van der Waals surface area contributed by atoms with Crippen molar-refractivity contribution in [3.8, 4) is 0 Å². The van der Waals surface area contributed by atoms with E-state index in [4.69, 9.17) is 5.11 Å². The van der Waals surface area contributed by atoms with Crippen molar-refractivity contribution in [2.24, 2.45) is 0 Å². The summed E-state index contributed by atoms with van der Waals surface area (Å²) in [5, 5.41) is 14.7. The Labute approximate surface area is 164 Å².